The molecule has 0 fully saturated rings. The number of benzene rings is 2. The molecular weight excluding hydrogens is 330 g/mol. The van der Waals surface area contributed by atoms with Crippen LogP contribution in [0.15, 0.2) is 42.5 Å². The maximum Gasteiger partial charge on any atom is 0.319 e. The van der Waals surface area contributed by atoms with Crippen LogP contribution >= 0.6 is 0 Å². The third-order valence-electron chi connectivity index (χ3n) is 3.93. The van der Waals surface area contributed by atoms with E-state index in [2.05, 4.69) is 10.6 Å². The van der Waals surface area contributed by atoms with Crippen LogP contribution in [-0.4, -0.2) is 37.5 Å². The molecule has 0 aliphatic rings. The minimum absolute atomic E-state index is 0.0169. The summed E-state index contributed by atoms with van der Waals surface area (Å²) in [6.45, 7) is 4.25. The molecule has 0 bridgehead atoms. The Balaban J connectivity index is 1.90. The van der Waals surface area contributed by atoms with Crippen LogP contribution in [0.1, 0.15) is 16.7 Å². The maximum absolute atomic E-state index is 12.2. The van der Waals surface area contributed by atoms with E-state index < -0.39 is 0 Å². The van der Waals surface area contributed by atoms with Gasteiger partial charge in [0, 0.05) is 26.3 Å². The zero-order chi connectivity index (χ0) is 19.1. The highest BCUT2D eigenvalue weighted by atomic mass is 16.5. The number of nitrogens with zero attached hydrogens (tertiary/aromatic N) is 1. The van der Waals surface area contributed by atoms with E-state index in [-0.39, 0.29) is 18.5 Å². The fraction of sp³-hybridized carbons (Fsp3) is 0.300. The average molecular weight is 355 g/mol. The van der Waals surface area contributed by atoms with Gasteiger partial charge >= 0.3 is 6.03 Å². The summed E-state index contributed by atoms with van der Waals surface area (Å²) in [5, 5.41) is 5.72. The number of aryl methyl sites for hydroxylation is 2. The van der Waals surface area contributed by atoms with Crippen molar-refractivity contribution in [1.29, 1.82) is 0 Å². The van der Waals surface area contributed by atoms with Gasteiger partial charge in [0.2, 0.25) is 0 Å². The van der Waals surface area contributed by atoms with Gasteiger partial charge in [-0.15, -0.1) is 0 Å². The van der Waals surface area contributed by atoms with Gasteiger partial charge in [-0.25, -0.2) is 4.79 Å². The topological polar surface area (TPSA) is 70.7 Å². The summed E-state index contributed by atoms with van der Waals surface area (Å²) in [5.74, 6) is 0.483. The SMILES string of the molecule is Cc1cccc(C)c1NC(=O)NCc1cccc(OCC(=O)N(C)C)c1. The molecule has 0 saturated heterocycles. The minimum Gasteiger partial charge on any atom is -0.484 e. The second kappa shape index (κ2) is 8.89. The largest absolute Gasteiger partial charge is 0.484 e. The smallest absolute Gasteiger partial charge is 0.319 e. The molecular formula is C20H25N3O3. The Kier molecular flexibility index (Phi) is 6.60. The number of ether oxygens (including phenoxy) is 1. The molecule has 2 rings (SSSR count). The van der Waals surface area contributed by atoms with Crippen molar-refractivity contribution in [1.82, 2.24) is 10.2 Å². The Morgan fingerprint density at radius 3 is 2.35 bits per heavy atom. The van der Waals surface area contributed by atoms with E-state index in [4.69, 9.17) is 4.74 Å². The molecule has 6 heteroatoms. The predicted molar refractivity (Wildman–Crippen MR) is 102 cm³/mol. The number of nitrogens with one attached hydrogen (secondary N) is 2. The Bertz CT molecular complexity index is 767. The van der Waals surface area contributed by atoms with Crippen molar-refractivity contribution in [3.63, 3.8) is 0 Å². The Hall–Kier alpha value is -3.02. The molecule has 0 aliphatic carbocycles. The summed E-state index contributed by atoms with van der Waals surface area (Å²) in [7, 11) is 3.36. The zero-order valence-electron chi connectivity index (χ0n) is 15.6. The molecule has 0 aliphatic heterocycles. The van der Waals surface area contributed by atoms with Crippen molar-refractivity contribution in [2.75, 3.05) is 26.0 Å². The van der Waals surface area contributed by atoms with E-state index in [1.807, 2.05) is 50.2 Å². The molecule has 2 aromatic rings. The number of carbonyl (C=O) groups is 2. The molecule has 2 N–H and O–H groups in total. The summed E-state index contributed by atoms with van der Waals surface area (Å²) in [6.07, 6.45) is 0. The van der Waals surface area contributed by atoms with Gasteiger partial charge in [-0.05, 0) is 42.7 Å². The van der Waals surface area contributed by atoms with Crippen LogP contribution in [-0.2, 0) is 11.3 Å². The quantitative estimate of drug-likeness (QED) is 0.836. The van der Waals surface area contributed by atoms with E-state index in [9.17, 15) is 9.59 Å². The van der Waals surface area contributed by atoms with Crippen LogP contribution in [0.4, 0.5) is 10.5 Å². The lowest BCUT2D eigenvalue weighted by Crippen LogP contribution is -2.29. The first kappa shape index (κ1) is 19.3. The van der Waals surface area contributed by atoms with Gasteiger partial charge in [0.1, 0.15) is 5.75 Å². The molecule has 26 heavy (non-hydrogen) atoms. The van der Waals surface area contributed by atoms with Crippen LogP contribution < -0.4 is 15.4 Å². The summed E-state index contributed by atoms with van der Waals surface area (Å²) < 4.78 is 5.48. The summed E-state index contributed by atoms with van der Waals surface area (Å²) in [5.41, 5.74) is 3.74. The number of para-hydroxylation sites is 1. The summed E-state index contributed by atoms with van der Waals surface area (Å²) in [6, 6.07) is 12.9. The first-order valence-electron chi connectivity index (χ1n) is 8.40. The third-order valence-corrected chi connectivity index (χ3v) is 3.93. The van der Waals surface area contributed by atoms with Gasteiger partial charge in [-0.2, -0.15) is 0 Å². The Labute approximate surface area is 154 Å². The van der Waals surface area contributed by atoms with E-state index in [0.717, 1.165) is 22.4 Å². The first-order valence-corrected chi connectivity index (χ1v) is 8.40. The average Bonchev–Trinajstić information content (AvgIpc) is 2.61. The number of likely N-dealkylation sites (N-methyl/N-ethyl adjacent to an activating group) is 1. The fourth-order valence-corrected chi connectivity index (χ4v) is 2.37. The molecule has 0 saturated carbocycles. The molecule has 0 aromatic heterocycles. The first-order chi connectivity index (χ1) is 12.4. The number of hydrogen-bond acceptors (Lipinski definition) is 3. The number of urea groups is 1. The van der Waals surface area contributed by atoms with Gasteiger partial charge in [0.05, 0.1) is 0 Å². The number of carbonyl (C=O) groups excluding carboxylic acids is 2. The molecule has 6 nitrogen and oxygen atoms in total. The normalized spacial score (nSPS) is 10.2. The van der Waals surface area contributed by atoms with Crippen LogP contribution in [0.25, 0.3) is 0 Å². The summed E-state index contributed by atoms with van der Waals surface area (Å²) >= 11 is 0. The minimum atomic E-state index is -0.267. The van der Waals surface area contributed by atoms with Gasteiger partial charge in [-0.3, -0.25) is 4.79 Å². The Morgan fingerprint density at radius 1 is 1.04 bits per heavy atom. The number of amides is 3. The number of anilines is 1. The van der Waals surface area contributed by atoms with Gasteiger partial charge in [-0.1, -0.05) is 30.3 Å². The van der Waals surface area contributed by atoms with Crippen LogP contribution in [0, 0.1) is 13.8 Å². The van der Waals surface area contributed by atoms with E-state index in [0.29, 0.717) is 12.3 Å². The highest BCUT2D eigenvalue weighted by Gasteiger charge is 2.08. The van der Waals surface area contributed by atoms with Crippen LogP contribution in [0.3, 0.4) is 0 Å². The Morgan fingerprint density at radius 2 is 1.69 bits per heavy atom. The van der Waals surface area contributed by atoms with E-state index in [1.54, 1.807) is 20.2 Å². The van der Waals surface area contributed by atoms with Gasteiger partial charge in [0.15, 0.2) is 6.61 Å². The predicted octanol–water partition coefficient (Wildman–Crippen LogP) is 3.09. The molecule has 0 unspecified atom stereocenters. The lowest BCUT2D eigenvalue weighted by Gasteiger charge is -2.13. The maximum atomic E-state index is 12.2. The second-order valence-electron chi connectivity index (χ2n) is 6.30. The van der Waals surface area contributed by atoms with E-state index >= 15 is 0 Å². The highest BCUT2D eigenvalue weighted by molar-refractivity contribution is 5.90. The van der Waals surface area contributed by atoms with Gasteiger partial charge < -0.3 is 20.3 Å². The molecule has 138 valence electrons. The molecule has 3 amide bonds. The number of rotatable bonds is 6. The van der Waals surface area contributed by atoms with Crippen LogP contribution in [0.2, 0.25) is 0 Å². The van der Waals surface area contributed by atoms with Crippen molar-refractivity contribution in [2.24, 2.45) is 0 Å². The van der Waals surface area contributed by atoms with Crippen LogP contribution in [0.5, 0.6) is 5.75 Å². The molecule has 0 radical (unpaired) electrons. The third kappa shape index (κ3) is 5.51. The number of hydrogen-bond donors (Lipinski definition) is 2. The standard InChI is InChI=1S/C20H25N3O3/c1-14-7-5-8-15(2)19(14)22-20(25)21-12-16-9-6-10-17(11-16)26-13-18(24)23(3)4/h5-11H,12-13H2,1-4H3,(H2,21,22,25). The van der Waals surface area contributed by atoms with Crippen molar-refractivity contribution in [2.45, 2.75) is 20.4 Å². The van der Waals surface area contributed by atoms with Gasteiger partial charge in [0.25, 0.3) is 5.91 Å². The lowest BCUT2D eigenvalue weighted by molar-refractivity contribution is -0.130. The second-order valence-corrected chi connectivity index (χ2v) is 6.30. The molecule has 0 spiro atoms. The monoisotopic (exact) mass is 355 g/mol. The van der Waals surface area contributed by atoms with Crippen molar-refractivity contribution in [3.8, 4) is 5.75 Å². The lowest BCUT2D eigenvalue weighted by atomic mass is 10.1. The molecule has 0 atom stereocenters. The fourth-order valence-electron chi connectivity index (χ4n) is 2.37. The molecule has 2 aromatic carbocycles. The van der Waals surface area contributed by atoms with Crippen molar-refractivity contribution in [3.05, 3.63) is 59.2 Å². The van der Waals surface area contributed by atoms with E-state index in [1.165, 1.54) is 4.90 Å². The highest BCUT2D eigenvalue weighted by Crippen LogP contribution is 2.19. The van der Waals surface area contributed by atoms with Crippen molar-refractivity contribution < 1.29 is 14.3 Å². The summed E-state index contributed by atoms with van der Waals surface area (Å²) in [4.78, 5) is 25.2. The molecule has 0 heterocycles. The van der Waals surface area contributed by atoms with Crippen molar-refractivity contribution >= 4 is 17.6 Å². The zero-order valence-corrected chi connectivity index (χ0v) is 15.6.